The molecule has 1 fully saturated rings. The zero-order valence-corrected chi connectivity index (χ0v) is 19.6. The highest BCUT2D eigenvalue weighted by molar-refractivity contribution is 7.67. The predicted octanol–water partition coefficient (Wildman–Crippen LogP) is 5.22. The van der Waals surface area contributed by atoms with Gasteiger partial charge in [-0.25, -0.2) is 0 Å². The fraction of sp³-hybridized carbons (Fsp3) is 0.542. The third-order valence-electron chi connectivity index (χ3n) is 6.28. The molecule has 5 atom stereocenters. The second-order valence-electron chi connectivity index (χ2n) is 9.14. The highest BCUT2D eigenvalue weighted by Crippen LogP contribution is 2.60. The van der Waals surface area contributed by atoms with Crippen molar-refractivity contribution in [2.24, 2.45) is 17.8 Å². The number of pyridine rings is 1. The molecule has 1 N–H and O–H groups in total. The summed E-state index contributed by atoms with van der Waals surface area (Å²) in [4.78, 5) is 6.10. The minimum absolute atomic E-state index is 0.139. The van der Waals surface area contributed by atoms with Gasteiger partial charge in [0.05, 0.1) is 6.10 Å². The third kappa shape index (κ3) is 4.96. The molecule has 3 rings (SSSR count). The van der Waals surface area contributed by atoms with Gasteiger partial charge in [0.15, 0.2) is 5.85 Å². The molecule has 164 valence electrons. The molecule has 0 spiro atoms. The number of anilines is 1. The summed E-state index contributed by atoms with van der Waals surface area (Å²) in [7, 11) is 0.319. The van der Waals surface area contributed by atoms with E-state index < -0.39 is 13.2 Å². The quantitative estimate of drug-likeness (QED) is 0.610. The monoisotopic (exact) mass is 430 g/mol. The van der Waals surface area contributed by atoms with E-state index in [0.717, 1.165) is 24.9 Å². The zero-order chi connectivity index (χ0) is 21.9. The van der Waals surface area contributed by atoms with Gasteiger partial charge in [0, 0.05) is 43.0 Å². The van der Waals surface area contributed by atoms with Gasteiger partial charge in [-0.05, 0) is 60.9 Å². The molecule has 0 unspecified atom stereocenters. The van der Waals surface area contributed by atoms with Crippen molar-refractivity contribution in [3.63, 3.8) is 0 Å². The van der Waals surface area contributed by atoms with Crippen LogP contribution in [0.1, 0.15) is 51.4 Å². The fourth-order valence-corrected chi connectivity index (χ4v) is 6.65. The van der Waals surface area contributed by atoms with Crippen molar-refractivity contribution in [1.29, 1.82) is 0 Å². The van der Waals surface area contributed by atoms with E-state index in [1.807, 2.05) is 43.3 Å². The number of hydrogen-bond donors (Lipinski definition) is 1. The molecule has 1 aliphatic rings. The van der Waals surface area contributed by atoms with Crippen LogP contribution >= 0.6 is 7.37 Å². The standard InChI is InChI=1S/C24H35N2O3P/c1-17(2)22-13-8-18(3)15-23(22)29-30(28,24(27)19-7-6-14-25-16-19)21-11-9-20(10-12-21)26(4)5/h6-7,9-12,14,16-18,22-24,27H,8,13,15H2,1-5H3/t18-,22+,23+,24-,30+/m0/s1. The normalized spacial score (nSPS) is 25.0. The van der Waals surface area contributed by atoms with Crippen molar-refractivity contribution in [3.05, 3.63) is 54.4 Å². The molecule has 1 heterocycles. The molecule has 30 heavy (non-hydrogen) atoms. The number of aliphatic hydroxyl groups excluding tert-OH is 1. The van der Waals surface area contributed by atoms with Crippen molar-refractivity contribution < 1.29 is 14.2 Å². The number of benzene rings is 1. The van der Waals surface area contributed by atoms with Crippen LogP contribution < -0.4 is 10.2 Å². The highest BCUT2D eigenvalue weighted by Gasteiger charge is 2.42. The average molecular weight is 431 g/mol. The van der Waals surface area contributed by atoms with Crippen molar-refractivity contribution in [2.75, 3.05) is 19.0 Å². The largest absolute Gasteiger partial charge is 0.378 e. The lowest BCUT2D eigenvalue weighted by atomic mass is 9.75. The van der Waals surface area contributed by atoms with Gasteiger partial charge in [-0.2, -0.15) is 0 Å². The molecule has 6 heteroatoms. The second-order valence-corrected chi connectivity index (χ2v) is 11.5. The van der Waals surface area contributed by atoms with E-state index in [2.05, 4.69) is 25.8 Å². The Morgan fingerprint density at radius 2 is 1.87 bits per heavy atom. The molecule has 1 aliphatic carbocycles. The Morgan fingerprint density at radius 1 is 1.17 bits per heavy atom. The van der Waals surface area contributed by atoms with Crippen LogP contribution in [0, 0.1) is 17.8 Å². The predicted molar refractivity (Wildman–Crippen MR) is 123 cm³/mol. The summed E-state index contributed by atoms with van der Waals surface area (Å²) < 4.78 is 20.9. The van der Waals surface area contributed by atoms with Crippen LogP contribution in [0.2, 0.25) is 0 Å². The van der Waals surface area contributed by atoms with E-state index in [1.165, 1.54) is 0 Å². The minimum atomic E-state index is -3.61. The smallest absolute Gasteiger partial charge is 0.264 e. The Kier molecular flexibility index (Phi) is 7.38. The van der Waals surface area contributed by atoms with E-state index in [1.54, 1.807) is 24.5 Å². The lowest BCUT2D eigenvalue weighted by molar-refractivity contribution is 0.0427. The van der Waals surface area contributed by atoms with Crippen LogP contribution in [0.3, 0.4) is 0 Å². The Morgan fingerprint density at radius 3 is 2.43 bits per heavy atom. The molecule has 0 amide bonds. The second kappa shape index (κ2) is 9.64. The first-order valence-corrected chi connectivity index (χ1v) is 12.6. The Bertz CT molecular complexity index is 855. The summed E-state index contributed by atoms with van der Waals surface area (Å²) in [5, 5.41) is 11.8. The summed E-state index contributed by atoms with van der Waals surface area (Å²) in [5.74, 6) is 0.0332. The van der Waals surface area contributed by atoms with E-state index >= 15 is 0 Å². The van der Waals surface area contributed by atoms with E-state index in [-0.39, 0.29) is 6.10 Å². The van der Waals surface area contributed by atoms with Gasteiger partial charge in [0.2, 0.25) is 0 Å². The SMILES string of the molecule is CC(C)[C@H]1CC[C@H](C)C[C@H]1O[P@](=O)(c1ccc(N(C)C)cc1)[C@H](O)c1cccnc1. The number of nitrogens with zero attached hydrogens (tertiary/aromatic N) is 2. The molecule has 0 saturated heterocycles. The maximum absolute atomic E-state index is 14.4. The molecular formula is C24H35N2O3P. The molecular weight excluding hydrogens is 395 g/mol. The summed E-state index contributed by atoms with van der Waals surface area (Å²) in [6, 6.07) is 11.0. The summed E-state index contributed by atoms with van der Waals surface area (Å²) in [6.45, 7) is 6.62. The van der Waals surface area contributed by atoms with Gasteiger partial charge in [-0.1, -0.05) is 33.3 Å². The fourth-order valence-electron chi connectivity index (χ4n) is 4.38. The van der Waals surface area contributed by atoms with Crippen molar-refractivity contribution in [1.82, 2.24) is 4.98 Å². The van der Waals surface area contributed by atoms with Crippen molar-refractivity contribution >= 4 is 18.4 Å². The Hall–Kier alpha value is -1.68. The first-order valence-electron chi connectivity index (χ1n) is 10.9. The first-order chi connectivity index (χ1) is 14.2. The number of rotatable bonds is 7. The maximum atomic E-state index is 14.4. The van der Waals surface area contributed by atoms with E-state index in [4.69, 9.17) is 4.52 Å². The zero-order valence-electron chi connectivity index (χ0n) is 18.7. The van der Waals surface area contributed by atoms with Crippen LogP contribution in [-0.2, 0) is 9.09 Å². The van der Waals surface area contributed by atoms with Crippen molar-refractivity contribution in [2.45, 2.75) is 52.0 Å². The summed E-state index contributed by atoms with van der Waals surface area (Å²) in [6.07, 6.45) is 6.16. The van der Waals surface area contributed by atoms with E-state index in [0.29, 0.717) is 28.6 Å². The van der Waals surface area contributed by atoms with Crippen LogP contribution in [0.4, 0.5) is 5.69 Å². The van der Waals surface area contributed by atoms with Gasteiger partial charge in [-0.3, -0.25) is 9.55 Å². The lowest BCUT2D eigenvalue weighted by Crippen LogP contribution is -2.35. The average Bonchev–Trinajstić information content (AvgIpc) is 2.73. The summed E-state index contributed by atoms with van der Waals surface area (Å²) in [5.41, 5.74) is 1.52. The van der Waals surface area contributed by atoms with Crippen molar-refractivity contribution in [3.8, 4) is 0 Å². The topological polar surface area (TPSA) is 62.7 Å². The highest BCUT2D eigenvalue weighted by atomic mass is 31.2. The van der Waals surface area contributed by atoms with Crippen LogP contribution in [-0.4, -0.2) is 30.3 Å². The molecule has 0 bridgehead atoms. The first kappa shape index (κ1) is 23.0. The molecule has 0 aliphatic heterocycles. The van der Waals surface area contributed by atoms with Crippen LogP contribution in [0.25, 0.3) is 0 Å². The molecule has 1 saturated carbocycles. The lowest BCUT2D eigenvalue weighted by Gasteiger charge is -2.39. The van der Waals surface area contributed by atoms with Crippen LogP contribution in [0.5, 0.6) is 0 Å². The van der Waals surface area contributed by atoms with Gasteiger partial charge >= 0.3 is 0 Å². The van der Waals surface area contributed by atoms with Crippen LogP contribution in [0.15, 0.2) is 48.8 Å². The number of aromatic nitrogens is 1. The molecule has 2 aromatic rings. The van der Waals surface area contributed by atoms with Gasteiger partial charge in [-0.15, -0.1) is 0 Å². The summed E-state index contributed by atoms with van der Waals surface area (Å²) >= 11 is 0. The number of aliphatic hydroxyl groups is 1. The Balaban J connectivity index is 2.01. The Labute approximate surface area is 180 Å². The molecule has 5 nitrogen and oxygen atoms in total. The minimum Gasteiger partial charge on any atom is -0.378 e. The van der Waals surface area contributed by atoms with Gasteiger partial charge < -0.3 is 14.5 Å². The van der Waals surface area contributed by atoms with Gasteiger partial charge in [0.1, 0.15) is 0 Å². The molecule has 0 radical (unpaired) electrons. The van der Waals surface area contributed by atoms with Gasteiger partial charge in [0.25, 0.3) is 7.37 Å². The number of hydrogen-bond acceptors (Lipinski definition) is 5. The third-order valence-corrected chi connectivity index (χ3v) is 8.83. The molecule has 1 aromatic carbocycles. The maximum Gasteiger partial charge on any atom is 0.264 e. The van der Waals surface area contributed by atoms with E-state index in [9.17, 15) is 9.67 Å². The molecule has 1 aromatic heterocycles.